The molecule has 51 valence electrons. The van der Waals surface area contributed by atoms with Crippen molar-refractivity contribution < 1.29 is 0 Å². The van der Waals surface area contributed by atoms with Crippen LogP contribution in [0.4, 0.5) is 0 Å². The molecule has 0 saturated carbocycles. The molecule has 1 radical (unpaired) electrons. The minimum Gasteiger partial charge on any atom is -0.320 e. The molecule has 0 bridgehead atoms. The van der Waals surface area contributed by atoms with Gasteiger partial charge in [0, 0.05) is 0 Å². The first-order valence-electron chi connectivity index (χ1n) is 3.03. The second-order valence-electron chi connectivity index (χ2n) is 2.01. The van der Waals surface area contributed by atoms with Gasteiger partial charge in [-0.15, -0.1) is 0 Å². The Bertz CT molecular complexity index is 208. The summed E-state index contributed by atoms with van der Waals surface area (Å²) in [5.74, 6) is 0. The fourth-order valence-electron chi connectivity index (χ4n) is 0.728. The zero-order valence-corrected chi connectivity index (χ0v) is 6.27. The van der Waals surface area contributed by atoms with Crippen molar-refractivity contribution >= 4 is 17.6 Å². The smallest absolute Gasteiger partial charge is 0.0666 e. The molecular weight excluding hydrogens is 142 g/mol. The molecule has 0 fully saturated rings. The van der Waals surface area contributed by atoms with Gasteiger partial charge in [0.15, 0.2) is 0 Å². The van der Waals surface area contributed by atoms with Gasteiger partial charge in [0.25, 0.3) is 0 Å². The summed E-state index contributed by atoms with van der Waals surface area (Å²) in [6.07, 6.45) is 0. The Labute approximate surface area is 65.9 Å². The van der Waals surface area contributed by atoms with E-state index in [4.69, 9.17) is 5.73 Å². The van der Waals surface area contributed by atoms with E-state index in [1.54, 1.807) is 0 Å². The predicted molar refractivity (Wildman–Crippen MR) is 46.0 cm³/mol. The fraction of sp³-hybridized carbons (Fsp3) is 0.125. The van der Waals surface area contributed by atoms with Crippen LogP contribution in [0.3, 0.4) is 0 Å². The summed E-state index contributed by atoms with van der Waals surface area (Å²) in [6.45, 7) is 0. The van der Waals surface area contributed by atoms with Crippen molar-refractivity contribution in [3.63, 3.8) is 0 Å². The number of hydrogen-bond acceptors (Lipinski definition) is 2. The highest BCUT2D eigenvalue weighted by atomic mass is 32.1. The molecule has 0 aliphatic rings. The summed E-state index contributed by atoms with van der Waals surface area (Å²) in [5.41, 5.74) is 6.59. The Morgan fingerprint density at radius 1 is 1.30 bits per heavy atom. The third-order valence-electron chi connectivity index (χ3n) is 1.29. The third kappa shape index (κ3) is 1.62. The van der Waals surface area contributed by atoms with Gasteiger partial charge in [-0.05, 0) is 5.56 Å². The van der Waals surface area contributed by atoms with Crippen LogP contribution in [0.5, 0.6) is 0 Å². The summed E-state index contributed by atoms with van der Waals surface area (Å²) >= 11 is 4.58. The van der Waals surface area contributed by atoms with E-state index in [1.165, 1.54) is 0 Å². The van der Waals surface area contributed by atoms with Crippen molar-refractivity contribution in [2.45, 2.75) is 6.04 Å². The average molecular weight is 150 g/mol. The van der Waals surface area contributed by atoms with Crippen LogP contribution in [0.15, 0.2) is 30.3 Å². The summed E-state index contributed by atoms with van der Waals surface area (Å²) in [5, 5.41) is 2.54. The first kappa shape index (κ1) is 7.38. The fourth-order valence-corrected chi connectivity index (χ4v) is 0.864. The van der Waals surface area contributed by atoms with Crippen LogP contribution in [-0.2, 0) is 0 Å². The highest BCUT2D eigenvalue weighted by molar-refractivity contribution is 7.79. The predicted octanol–water partition coefficient (Wildman–Crippen LogP) is 1.56. The van der Waals surface area contributed by atoms with Crippen LogP contribution in [0.2, 0.25) is 0 Å². The van der Waals surface area contributed by atoms with Gasteiger partial charge >= 0.3 is 0 Å². The maximum atomic E-state index is 5.58. The minimum atomic E-state index is -0.226. The van der Waals surface area contributed by atoms with Gasteiger partial charge in [-0.2, -0.15) is 0 Å². The molecular formula is C8H8NS. The molecule has 0 aliphatic heterocycles. The molecule has 1 aromatic carbocycles. The van der Waals surface area contributed by atoms with E-state index in [1.807, 2.05) is 30.3 Å². The average Bonchev–Trinajstić information content (AvgIpc) is 2.05. The van der Waals surface area contributed by atoms with E-state index in [0.717, 1.165) is 5.56 Å². The van der Waals surface area contributed by atoms with E-state index >= 15 is 0 Å². The largest absolute Gasteiger partial charge is 0.320 e. The first-order valence-corrected chi connectivity index (χ1v) is 3.43. The second kappa shape index (κ2) is 3.44. The van der Waals surface area contributed by atoms with Gasteiger partial charge in [0.1, 0.15) is 0 Å². The van der Waals surface area contributed by atoms with Gasteiger partial charge < -0.3 is 5.73 Å². The maximum absolute atomic E-state index is 5.58. The van der Waals surface area contributed by atoms with Gasteiger partial charge in [-0.1, -0.05) is 42.5 Å². The Hall–Kier alpha value is -0.730. The zero-order chi connectivity index (χ0) is 7.40. The van der Waals surface area contributed by atoms with Gasteiger partial charge in [-0.3, -0.25) is 0 Å². The van der Waals surface area contributed by atoms with Crippen LogP contribution < -0.4 is 5.73 Å². The Balaban J connectivity index is 2.84. The van der Waals surface area contributed by atoms with E-state index in [2.05, 4.69) is 17.6 Å². The van der Waals surface area contributed by atoms with Crippen LogP contribution in [0.1, 0.15) is 11.6 Å². The van der Waals surface area contributed by atoms with Crippen LogP contribution in [-0.4, -0.2) is 5.37 Å². The Kier molecular flexibility index (Phi) is 2.54. The summed E-state index contributed by atoms with van der Waals surface area (Å²) in [7, 11) is 0. The molecule has 1 aromatic rings. The molecule has 2 heteroatoms. The normalized spacial score (nSPS) is 12.5. The summed E-state index contributed by atoms with van der Waals surface area (Å²) < 4.78 is 0. The molecule has 0 heterocycles. The first-order chi connectivity index (χ1) is 4.84. The number of nitrogens with two attached hydrogens (primary N) is 1. The monoisotopic (exact) mass is 150 g/mol. The number of rotatable bonds is 2. The molecule has 1 rings (SSSR count). The van der Waals surface area contributed by atoms with Crippen LogP contribution in [0, 0.1) is 0 Å². The number of thiocarbonyl (C=S) groups is 1. The topological polar surface area (TPSA) is 26.0 Å². The zero-order valence-electron chi connectivity index (χ0n) is 5.45. The van der Waals surface area contributed by atoms with Gasteiger partial charge in [0.05, 0.1) is 11.4 Å². The van der Waals surface area contributed by atoms with Crippen molar-refractivity contribution in [1.29, 1.82) is 0 Å². The van der Waals surface area contributed by atoms with Gasteiger partial charge in [0.2, 0.25) is 0 Å². The van der Waals surface area contributed by atoms with Crippen molar-refractivity contribution in [3.05, 3.63) is 35.9 Å². The molecule has 0 spiro atoms. The molecule has 1 nitrogen and oxygen atoms in total. The molecule has 2 N–H and O–H groups in total. The van der Waals surface area contributed by atoms with Crippen molar-refractivity contribution in [1.82, 2.24) is 0 Å². The maximum Gasteiger partial charge on any atom is 0.0666 e. The van der Waals surface area contributed by atoms with Crippen molar-refractivity contribution in [2.24, 2.45) is 5.73 Å². The molecule has 1 unspecified atom stereocenters. The van der Waals surface area contributed by atoms with Crippen LogP contribution >= 0.6 is 12.2 Å². The lowest BCUT2D eigenvalue weighted by molar-refractivity contribution is 0.996. The Morgan fingerprint density at radius 3 is 2.40 bits per heavy atom. The Morgan fingerprint density at radius 2 is 1.90 bits per heavy atom. The van der Waals surface area contributed by atoms with E-state index < -0.39 is 0 Å². The molecule has 0 amide bonds. The summed E-state index contributed by atoms with van der Waals surface area (Å²) in [6, 6.07) is 9.45. The quantitative estimate of drug-likeness (QED) is 0.647. The standard InChI is InChI=1S/C8H8NS/c9-8(6-10)7-4-2-1-3-5-7/h1-5,8H,9H2. The number of hydrogen-bond donors (Lipinski definition) is 1. The molecule has 0 aliphatic carbocycles. The lowest BCUT2D eigenvalue weighted by Gasteiger charge is -2.02. The highest BCUT2D eigenvalue weighted by Gasteiger charge is 1.98. The van der Waals surface area contributed by atoms with Crippen molar-refractivity contribution in [2.75, 3.05) is 0 Å². The lowest BCUT2D eigenvalue weighted by atomic mass is 10.1. The van der Waals surface area contributed by atoms with E-state index in [9.17, 15) is 0 Å². The van der Waals surface area contributed by atoms with E-state index in [-0.39, 0.29) is 6.04 Å². The molecule has 10 heavy (non-hydrogen) atoms. The summed E-state index contributed by atoms with van der Waals surface area (Å²) in [4.78, 5) is 0. The lowest BCUT2D eigenvalue weighted by Crippen LogP contribution is -2.09. The molecule has 0 aromatic heterocycles. The molecule has 0 saturated heterocycles. The van der Waals surface area contributed by atoms with E-state index in [0.29, 0.717) is 0 Å². The third-order valence-corrected chi connectivity index (χ3v) is 1.54. The SMILES string of the molecule is NC([C]=S)c1ccccc1. The number of benzene rings is 1. The second-order valence-corrected chi connectivity index (χ2v) is 2.24. The van der Waals surface area contributed by atoms with Crippen LogP contribution in [0.25, 0.3) is 0 Å². The minimum absolute atomic E-state index is 0.226. The van der Waals surface area contributed by atoms with Crippen molar-refractivity contribution in [3.8, 4) is 0 Å². The van der Waals surface area contributed by atoms with Gasteiger partial charge in [-0.25, -0.2) is 0 Å². The molecule has 1 atom stereocenters. The highest BCUT2D eigenvalue weighted by Crippen LogP contribution is 2.05.